The Morgan fingerprint density at radius 2 is 1.86 bits per heavy atom. The van der Waals surface area contributed by atoms with E-state index >= 15 is 0 Å². The molecule has 1 fully saturated rings. The van der Waals surface area contributed by atoms with Crippen LogP contribution in [0.4, 0.5) is 5.69 Å². The molecule has 2 rings (SSSR count). The quantitative estimate of drug-likeness (QED) is 0.832. The maximum absolute atomic E-state index is 12.3. The molecule has 4 heteroatoms. The Kier molecular flexibility index (Phi) is 5.15. The summed E-state index contributed by atoms with van der Waals surface area (Å²) >= 11 is 5.91. The van der Waals surface area contributed by atoms with Crippen LogP contribution in [0.1, 0.15) is 39.5 Å². The van der Waals surface area contributed by atoms with Crippen molar-refractivity contribution in [3.05, 3.63) is 29.3 Å². The van der Waals surface area contributed by atoms with Gasteiger partial charge in [0, 0.05) is 10.7 Å². The van der Waals surface area contributed by atoms with E-state index in [1.165, 1.54) is 7.11 Å². The van der Waals surface area contributed by atoms with E-state index < -0.39 is 5.54 Å². The number of rotatable bonds is 4. The van der Waals surface area contributed by atoms with Crippen LogP contribution < -0.4 is 5.32 Å². The van der Waals surface area contributed by atoms with E-state index in [0.717, 1.165) is 31.4 Å². The van der Waals surface area contributed by atoms with Crippen LogP contribution in [0.15, 0.2) is 24.3 Å². The molecule has 3 nitrogen and oxygen atoms in total. The third-order valence-electron chi connectivity index (χ3n) is 4.63. The first kappa shape index (κ1) is 16.2. The molecule has 0 atom stereocenters. The van der Waals surface area contributed by atoms with E-state index in [4.69, 9.17) is 16.3 Å². The molecule has 0 spiro atoms. The van der Waals surface area contributed by atoms with E-state index in [1.54, 1.807) is 0 Å². The highest BCUT2D eigenvalue weighted by Gasteiger charge is 2.43. The Morgan fingerprint density at radius 3 is 2.33 bits per heavy atom. The summed E-state index contributed by atoms with van der Waals surface area (Å²) < 4.78 is 5.06. The normalized spacial score (nSPS) is 25.7. The number of esters is 1. The first-order valence-corrected chi connectivity index (χ1v) is 7.97. The number of nitrogens with one attached hydrogen (secondary N) is 1. The molecule has 0 aliphatic heterocycles. The SMILES string of the molecule is COC(=O)C1(Nc2ccc(Cl)cc2)CCC(C(C)C)CC1. The van der Waals surface area contributed by atoms with Crippen LogP contribution >= 0.6 is 11.6 Å². The van der Waals surface area contributed by atoms with E-state index in [0.29, 0.717) is 16.9 Å². The van der Waals surface area contributed by atoms with Gasteiger partial charge in [0.2, 0.25) is 0 Å². The minimum absolute atomic E-state index is 0.167. The van der Waals surface area contributed by atoms with Gasteiger partial charge >= 0.3 is 5.97 Å². The summed E-state index contributed by atoms with van der Waals surface area (Å²) in [6.45, 7) is 4.50. The van der Waals surface area contributed by atoms with Gasteiger partial charge in [-0.05, 0) is 61.8 Å². The zero-order valence-corrected chi connectivity index (χ0v) is 13.7. The van der Waals surface area contributed by atoms with Crippen molar-refractivity contribution in [2.75, 3.05) is 12.4 Å². The molecule has 1 aliphatic carbocycles. The lowest BCUT2D eigenvalue weighted by Crippen LogP contribution is -2.50. The molecule has 1 aliphatic rings. The molecule has 0 heterocycles. The van der Waals surface area contributed by atoms with Gasteiger partial charge in [0.1, 0.15) is 5.54 Å². The highest BCUT2D eigenvalue weighted by atomic mass is 35.5. The maximum atomic E-state index is 12.3. The third-order valence-corrected chi connectivity index (χ3v) is 4.88. The van der Waals surface area contributed by atoms with Crippen molar-refractivity contribution in [1.82, 2.24) is 0 Å². The number of carbonyl (C=O) groups excluding carboxylic acids is 1. The molecule has 0 radical (unpaired) electrons. The maximum Gasteiger partial charge on any atom is 0.331 e. The van der Waals surface area contributed by atoms with Crippen LogP contribution in [-0.4, -0.2) is 18.6 Å². The fourth-order valence-corrected chi connectivity index (χ4v) is 3.31. The lowest BCUT2D eigenvalue weighted by atomic mass is 9.72. The molecule has 116 valence electrons. The van der Waals surface area contributed by atoms with Gasteiger partial charge in [-0.2, -0.15) is 0 Å². The number of halogens is 1. The fourth-order valence-electron chi connectivity index (χ4n) is 3.18. The topological polar surface area (TPSA) is 38.3 Å². The number of methoxy groups -OCH3 is 1. The van der Waals surface area contributed by atoms with Crippen LogP contribution in [0.5, 0.6) is 0 Å². The summed E-state index contributed by atoms with van der Waals surface area (Å²) in [5.74, 6) is 1.19. The van der Waals surface area contributed by atoms with E-state index in [9.17, 15) is 4.79 Å². The molecular weight excluding hydrogens is 286 g/mol. The average Bonchev–Trinajstić information content (AvgIpc) is 2.49. The Labute approximate surface area is 132 Å². The van der Waals surface area contributed by atoms with Gasteiger partial charge in [-0.1, -0.05) is 25.4 Å². The van der Waals surface area contributed by atoms with E-state index in [2.05, 4.69) is 19.2 Å². The second-order valence-corrected chi connectivity index (χ2v) is 6.72. The Balaban J connectivity index is 2.15. The van der Waals surface area contributed by atoms with E-state index in [-0.39, 0.29) is 5.97 Å². The molecule has 1 aromatic carbocycles. The minimum Gasteiger partial charge on any atom is -0.467 e. The number of hydrogen-bond acceptors (Lipinski definition) is 3. The Bertz CT molecular complexity index is 476. The summed E-state index contributed by atoms with van der Waals surface area (Å²) in [4.78, 5) is 12.3. The number of benzene rings is 1. The third kappa shape index (κ3) is 3.70. The fraction of sp³-hybridized carbons (Fsp3) is 0.588. The number of anilines is 1. The Hall–Kier alpha value is -1.22. The van der Waals surface area contributed by atoms with Gasteiger partial charge in [0.25, 0.3) is 0 Å². The predicted molar refractivity (Wildman–Crippen MR) is 86.6 cm³/mol. The standard InChI is InChI=1S/C17H24ClNO2/c1-12(2)13-8-10-17(11-9-13,16(20)21-3)19-15-6-4-14(18)5-7-15/h4-7,12-13,19H,8-11H2,1-3H3. The average molecular weight is 310 g/mol. The smallest absolute Gasteiger partial charge is 0.331 e. The van der Waals surface area contributed by atoms with Crippen molar-refractivity contribution in [2.45, 2.75) is 45.1 Å². The van der Waals surface area contributed by atoms with Crippen molar-refractivity contribution >= 4 is 23.3 Å². The first-order chi connectivity index (χ1) is 9.97. The van der Waals surface area contributed by atoms with Gasteiger partial charge in [-0.3, -0.25) is 0 Å². The molecule has 21 heavy (non-hydrogen) atoms. The lowest BCUT2D eigenvalue weighted by Gasteiger charge is -2.40. The molecular formula is C17H24ClNO2. The zero-order valence-electron chi connectivity index (χ0n) is 13.0. The van der Waals surface area contributed by atoms with Crippen LogP contribution in [0.25, 0.3) is 0 Å². The molecule has 0 unspecified atom stereocenters. The highest BCUT2D eigenvalue weighted by molar-refractivity contribution is 6.30. The number of hydrogen-bond donors (Lipinski definition) is 1. The second kappa shape index (κ2) is 6.69. The van der Waals surface area contributed by atoms with Crippen molar-refractivity contribution in [3.8, 4) is 0 Å². The predicted octanol–water partition coefficient (Wildman–Crippen LogP) is 4.51. The van der Waals surface area contributed by atoms with Crippen LogP contribution in [0.3, 0.4) is 0 Å². The number of ether oxygens (including phenoxy) is 1. The summed E-state index contributed by atoms with van der Waals surface area (Å²) in [6.07, 6.45) is 3.72. The monoisotopic (exact) mass is 309 g/mol. The molecule has 0 bridgehead atoms. The largest absolute Gasteiger partial charge is 0.467 e. The van der Waals surface area contributed by atoms with Gasteiger partial charge in [0.05, 0.1) is 7.11 Å². The zero-order chi connectivity index (χ0) is 15.5. The lowest BCUT2D eigenvalue weighted by molar-refractivity contribution is -0.147. The van der Waals surface area contributed by atoms with Crippen molar-refractivity contribution < 1.29 is 9.53 Å². The second-order valence-electron chi connectivity index (χ2n) is 6.29. The van der Waals surface area contributed by atoms with Gasteiger partial charge in [-0.15, -0.1) is 0 Å². The molecule has 0 saturated heterocycles. The van der Waals surface area contributed by atoms with Crippen LogP contribution in [-0.2, 0) is 9.53 Å². The van der Waals surface area contributed by atoms with Crippen molar-refractivity contribution in [2.24, 2.45) is 11.8 Å². The highest BCUT2D eigenvalue weighted by Crippen LogP contribution is 2.38. The summed E-state index contributed by atoms with van der Waals surface area (Å²) in [7, 11) is 1.46. The van der Waals surface area contributed by atoms with Crippen molar-refractivity contribution in [1.29, 1.82) is 0 Å². The number of carbonyl (C=O) groups is 1. The first-order valence-electron chi connectivity index (χ1n) is 7.59. The van der Waals surface area contributed by atoms with Gasteiger partial charge < -0.3 is 10.1 Å². The Morgan fingerprint density at radius 1 is 1.29 bits per heavy atom. The summed E-state index contributed by atoms with van der Waals surface area (Å²) in [5.41, 5.74) is 0.307. The molecule has 1 saturated carbocycles. The van der Waals surface area contributed by atoms with E-state index in [1.807, 2.05) is 24.3 Å². The van der Waals surface area contributed by atoms with Gasteiger partial charge in [0.15, 0.2) is 0 Å². The van der Waals surface area contributed by atoms with Crippen LogP contribution in [0, 0.1) is 11.8 Å². The van der Waals surface area contributed by atoms with Gasteiger partial charge in [-0.25, -0.2) is 4.79 Å². The summed E-state index contributed by atoms with van der Waals surface area (Å²) in [5, 5.41) is 4.09. The molecule has 0 amide bonds. The van der Waals surface area contributed by atoms with Crippen molar-refractivity contribution in [3.63, 3.8) is 0 Å². The molecule has 1 N–H and O–H groups in total. The molecule has 1 aromatic rings. The summed E-state index contributed by atoms with van der Waals surface area (Å²) in [6, 6.07) is 7.46. The molecule has 0 aromatic heterocycles. The van der Waals surface area contributed by atoms with Crippen LogP contribution in [0.2, 0.25) is 5.02 Å². The minimum atomic E-state index is -0.603.